The van der Waals surface area contributed by atoms with E-state index in [1.54, 1.807) is 18.2 Å². The predicted octanol–water partition coefficient (Wildman–Crippen LogP) is 3.99. The third-order valence-corrected chi connectivity index (χ3v) is 5.95. The van der Waals surface area contributed by atoms with Crippen molar-refractivity contribution in [3.63, 3.8) is 0 Å². The second-order valence-electron chi connectivity index (χ2n) is 7.10. The summed E-state index contributed by atoms with van der Waals surface area (Å²) in [4.78, 5) is 12.8. The van der Waals surface area contributed by atoms with Crippen molar-refractivity contribution in [1.82, 2.24) is 14.8 Å². The molecule has 1 fully saturated rings. The molecule has 0 bridgehead atoms. The first kappa shape index (κ1) is 18.1. The van der Waals surface area contributed by atoms with Gasteiger partial charge in [0.2, 0.25) is 12.7 Å². The van der Waals surface area contributed by atoms with Crippen molar-refractivity contribution in [2.24, 2.45) is 0 Å². The number of benzene rings is 2. The predicted molar refractivity (Wildman–Crippen MR) is 110 cm³/mol. The lowest BCUT2D eigenvalue weighted by Crippen LogP contribution is -2.22. The number of ether oxygens (including phenoxy) is 2. The lowest BCUT2D eigenvalue weighted by molar-refractivity contribution is -0.115. The number of para-hydroxylation sites is 1. The number of hydrogen-bond acceptors (Lipinski definition) is 6. The first-order valence-corrected chi connectivity index (χ1v) is 10.4. The zero-order chi connectivity index (χ0) is 19.8. The van der Waals surface area contributed by atoms with Gasteiger partial charge in [0.15, 0.2) is 16.7 Å². The van der Waals surface area contributed by atoms with Crippen LogP contribution in [0.1, 0.15) is 31.5 Å². The zero-order valence-corrected chi connectivity index (χ0v) is 16.7. The smallest absolute Gasteiger partial charge is 0.237 e. The summed E-state index contributed by atoms with van der Waals surface area (Å²) in [5.74, 6) is 2.65. The van der Waals surface area contributed by atoms with E-state index in [2.05, 4.69) is 20.1 Å². The van der Waals surface area contributed by atoms with Crippen LogP contribution >= 0.6 is 11.8 Å². The second kappa shape index (κ2) is 7.44. The Morgan fingerprint density at radius 2 is 1.93 bits per heavy atom. The molecule has 7 nitrogen and oxygen atoms in total. The van der Waals surface area contributed by atoms with E-state index < -0.39 is 0 Å². The fraction of sp³-hybridized carbons (Fsp3) is 0.286. The highest BCUT2D eigenvalue weighted by Crippen LogP contribution is 2.41. The Hall–Kier alpha value is -3.00. The number of carbonyl (C=O) groups excluding carboxylic acids is 1. The maximum atomic E-state index is 12.8. The van der Waals surface area contributed by atoms with Gasteiger partial charge < -0.3 is 14.8 Å². The summed E-state index contributed by atoms with van der Waals surface area (Å²) in [5.41, 5.74) is 1.69. The van der Waals surface area contributed by atoms with Gasteiger partial charge in [-0.2, -0.15) is 0 Å². The van der Waals surface area contributed by atoms with Crippen molar-refractivity contribution in [1.29, 1.82) is 0 Å². The van der Waals surface area contributed by atoms with Crippen molar-refractivity contribution in [2.75, 3.05) is 12.1 Å². The zero-order valence-electron chi connectivity index (χ0n) is 15.9. The number of rotatable bonds is 6. The fourth-order valence-corrected chi connectivity index (χ4v) is 4.09. The average Bonchev–Trinajstić information content (AvgIpc) is 3.33. The van der Waals surface area contributed by atoms with E-state index in [4.69, 9.17) is 9.47 Å². The molecule has 148 valence electrons. The largest absolute Gasteiger partial charge is 0.454 e. The van der Waals surface area contributed by atoms with Crippen molar-refractivity contribution in [3.05, 3.63) is 54.4 Å². The monoisotopic (exact) mass is 408 g/mol. The van der Waals surface area contributed by atoms with E-state index in [1.165, 1.54) is 11.8 Å². The van der Waals surface area contributed by atoms with E-state index in [0.29, 0.717) is 23.1 Å². The SMILES string of the molecule is C[C@H](Sc1nnc(C2CC2)n1-c1ccccc1)C(=O)Nc1ccc2c(c1)OCO2. The summed E-state index contributed by atoms with van der Waals surface area (Å²) < 4.78 is 12.8. The number of aromatic nitrogens is 3. The van der Waals surface area contributed by atoms with Gasteiger partial charge in [-0.05, 0) is 44.0 Å². The van der Waals surface area contributed by atoms with Gasteiger partial charge in [-0.25, -0.2) is 0 Å². The number of nitrogens with zero attached hydrogens (tertiary/aromatic N) is 3. The third kappa shape index (κ3) is 3.67. The lowest BCUT2D eigenvalue weighted by Gasteiger charge is -2.14. The fourth-order valence-electron chi connectivity index (χ4n) is 3.21. The molecule has 2 aliphatic rings. The molecule has 2 heterocycles. The topological polar surface area (TPSA) is 78.3 Å². The van der Waals surface area contributed by atoms with Crippen LogP contribution in [0.4, 0.5) is 5.69 Å². The van der Waals surface area contributed by atoms with Crippen LogP contribution in [-0.2, 0) is 4.79 Å². The molecule has 3 aromatic rings. The molecule has 0 radical (unpaired) electrons. The number of fused-ring (bicyclic) bond motifs is 1. The standard InChI is InChI=1S/C21H20N4O3S/c1-13(20(26)22-15-9-10-17-18(11-15)28-12-27-17)29-21-24-23-19(14-7-8-14)25(21)16-5-3-2-4-6-16/h2-6,9-11,13-14H,7-8,12H2,1H3,(H,22,26)/t13-/m0/s1. The van der Waals surface area contributed by atoms with Gasteiger partial charge in [-0.1, -0.05) is 30.0 Å². The quantitative estimate of drug-likeness (QED) is 0.622. The Balaban J connectivity index is 1.34. The summed E-state index contributed by atoms with van der Waals surface area (Å²) in [6.07, 6.45) is 2.27. The molecule has 1 saturated carbocycles. The van der Waals surface area contributed by atoms with Crippen LogP contribution in [-0.4, -0.2) is 32.7 Å². The minimum absolute atomic E-state index is 0.107. The normalized spacial score (nSPS) is 15.9. The van der Waals surface area contributed by atoms with Crippen LogP contribution in [0.5, 0.6) is 11.5 Å². The maximum absolute atomic E-state index is 12.8. The maximum Gasteiger partial charge on any atom is 0.237 e. The van der Waals surface area contributed by atoms with Crippen molar-refractivity contribution >= 4 is 23.4 Å². The summed E-state index contributed by atoms with van der Waals surface area (Å²) in [7, 11) is 0. The molecule has 1 aliphatic heterocycles. The van der Waals surface area contributed by atoms with Gasteiger partial charge in [0.25, 0.3) is 0 Å². The second-order valence-corrected chi connectivity index (χ2v) is 8.41. The minimum atomic E-state index is -0.348. The number of amides is 1. The molecule has 1 atom stereocenters. The molecule has 1 aliphatic carbocycles. The molecule has 0 saturated heterocycles. The first-order chi connectivity index (χ1) is 14.2. The minimum Gasteiger partial charge on any atom is -0.454 e. The highest BCUT2D eigenvalue weighted by molar-refractivity contribution is 8.00. The molecule has 29 heavy (non-hydrogen) atoms. The Labute approximate surface area is 172 Å². The molecular weight excluding hydrogens is 388 g/mol. The summed E-state index contributed by atoms with van der Waals surface area (Å²) in [6, 6.07) is 15.4. The molecule has 0 unspecified atom stereocenters. The number of carbonyl (C=O) groups is 1. The molecule has 0 spiro atoms. The summed E-state index contributed by atoms with van der Waals surface area (Å²) in [5, 5.41) is 12.1. The number of hydrogen-bond donors (Lipinski definition) is 1. The third-order valence-electron chi connectivity index (χ3n) is 4.91. The lowest BCUT2D eigenvalue weighted by atomic mass is 10.2. The number of nitrogens with one attached hydrogen (secondary N) is 1. The van der Waals surface area contributed by atoms with Gasteiger partial charge in [0.05, 0.1) is 5.25 Å². The molecule has 8 heteroatoms. The van der Waals surface area contributed by atoms with Crippen LogP contribution in [0.15, 0.2) is 53.7 Å². The van der Waals surface area contributed by atoms with Crippen LogP contribution in [0.2, 0.25) is 0 Å². The van der Waals surface area contributed by atoms with Crippen molar-refractivity contribution in [2.45, 2.75) is 36.1 Å². The van der Waals surface area contributed by atoms with E-state index in [1.807, 2.05) is 37.3 Å². The summed E-state index contributed by atoms with van der Waals surface area (Å²) >= 11 is 1.41. The van der Waals surface area contributed by atoms with E-state index >= 15 is 0 Å². The summed E-state index contributed by atoms with van der Waals surface area (Å²) in [6.45, 7) is 2.07. The van der Waals surface area contributed by atoms with Gasteiger partial charge >= 0.3 is 0 Å². The van der Waals surface area contributed by atoms with Crippen LogP contribution in [0.25, 0.3) is 5.69 Å². The van der Waals surface area contributed by atoms with Gasteiger partial charge in [0, 0.05) is 23.4 Å². The van der Waals surface area contributed by atoms with Crippen LogP contribution < -0.4 is 14.8 Å². The molecule has 1 amide bonds. The highest BCUT2D eigenvalue weighted by atomic mass is 32.2. The Morgan fingerprint density at radius 3 is 2.72 bits per heavy atom. The van der Waals surface area contributed by atoms with E-state index in [0.717, 1.165) is 29.5 Å². The Kier molecular flexibility index (Phi) is 4.63. The van der Waals surface area contributed by atoms with Gasteiger partial charge in [0.1, 0.15) is 5.82 Å². The van der Waals surface area contributed by atoms with Gasteiger partial charge in [-0.15, -0.1) is 10.2 Å². The van der Waals surface area contributed by atoms with Crippen molar-refractivity contribution in [3.8, 4) is 17.2 Å². The van der Waals surface area contributed by atoms with E-state index in [9.17, 15) is 4.79 Å². The molecule has 5 rings (SSSR count). The van der Waals surface area contributed by atoms with Crippen LogP contribution in [0, 0.1) is 0 Å². The van der Waals surface area contributed by atoms with Crippen LogP contribution in [0.3, 0.4) is 0 Å². The van der Waals surface area contributed by atoms with Crippen molar-refractivity contribution < 1.29 is 14.3 Å². The molecular formula is C21H20N4O3S. The Morgan fingerprint density at radius 1 is 1.14 bits per heavy atom. The number of thioether (sulfide) groups is 1. The Bertz CT molecular complexity index is 1050. The first-order valence-electron chi connectivity index (χ1n) is 9.57. The molecule has 2 aromatic carbocycles. The van der Waals surface area contributed by atoms with Gasteiger partial charge in [-0.3, -0.25) is 9.36 Å². The molecule has 1 aromatic heterocycles. The van der Waals surface area contributed by atoms with E-state index in [-0.39, 0.29) is 18.0 Å². The highest BCUT2D eigenvalue weighted by Gasteiger charge is 2.32. The molecule has 1 N–H and O–H groups in total. The number of anilines is 1. The average molecular weight is 408 g/mol.